The highest BCUT2D eigenvalue weighted by atomic mass is 19.3. The van der Waals surface area contributed by atoms with Crippen LogP contribution in [0, 0.1) is 5.92 Å². The van der Waals surface area contributed by atoms with Gasteiger partial charge in [-0.25, -0.2) is 9.48 Å². The van der Waals surface area contributed by atoms with Gasteiger partial charge in [0.25, 0.3) is 5.92 Å². The predicted molar refractivity (Wildman–Crippen MR) is 92.1 cm³/mol. The van der Waals surface area contributed by atoms with Crippen molar-refractivity contribution in [1.82, 2.24) is 15.0 Å². The van der Waals surface area contributed by atoms with Crippen LogP contribution in [-0.2, 0) is 30.0 Å². The maximum Gasteiger partial charge on any atom is 0.337 e. The van der Waals surface area contributed by atoms with E-state index < -0.39 is 17.8 Å². The number of carbonyl (C=O) groups is 1. The second kappa shape index (κ2) is 7.51. The number of methoxy groups -OCH3 is 1. The number of carbonyl (C=O) groups excluding carboxylic acids is 1. The molecule has 0 saturated heterocycles. The van der Waals surface area contributed by atoms with Gasteiger partial charge in [-0.05, 0) is 50.3 Å². The maximum absolute atomic E-state index is 15.2. The Bertz CT molecular complexity index is 772. The number of aryl methyl sites for hydroxylation is 1. The molecule has 0 saturated carbocycles. The number of alkyl halides is 2. The number of ether oxygens (including phenoxy) is 1. The molecule has 1 atom stereocenters. The molecule has 26 heavy (non-hydrogen) atoms. The molecule has 2 aromatic rings. The first-order valence-electron chi connectivity index (χ1n) is 8.95. The highest BCUT2D eigenvalue weighted by Crippen LogP contribution is 2.42. The van der Waals surface area contributed by atoms with Crippen molar-refractivity contribution in [3.8, 4) is 0 Å². The number of esters is 1. The van der Waals surface area contributed by atoms with Gasteiger partial charge in [-0.15, -0.1) is 5.10 Å². The van der Waals surface area contributed by atoms with Gasteiger partial charge < -0.3 is 4.74 Å². The van der Waals surface area contributed by atoms with Crippen LogP contribution in [-0.4, -0.2) is 28.1 Å². The number of rotatable bonds is 4. The van der Waals surface area contributed by atoms with E-state index in [0.717, 1.165) is 18.4 Å². The molecule has 5 nitrogen and oxygen atoms in total. The molecular formula is C19H23F2N3O2. The number of fused-ring (bicyclic) bond motifs is 1. The van der Waals surface area contributed by atoms with E-state index in [1.54, 1.807) is 28.9 Å². The minimum absolute atomic E-state index is 0.171. The van der Waals surface area contributed by atoms with Crippen molar-refractivity contribution in [2.24, 2.45) is 5.92 Å². The van der Waals surface area contributed by atoms with Gasteiger partial charge in [-0.1, -0.05) is 23.8 Å². The lowest BCUT2D eigenvalue weighted by Gasteiger charge is -2.28. The van der Waals surface area contributed by atoms with E-state index in [1.807, 2.05) is 6.92 Å². The van der Waals surface area contributed by atoms with Crippen molar-refractivity contribution in [3.63, 3.8) is 0 Å². The van der Waals surface area contributed by atoms with E-state index in [1.165, 1.54) is 7.11 Å². The predicted octanol–water partition coefficient (Wildman–Crippen LogP) is 3.76. The average Bonchev–Trinajstić information content (AvgIpc) is 3.06. The Morgan fingerprint density at radius 3 is 2.69 bits per heavy atom. The maximum atomic E-state index is 15.2. The van der Waals surface area contributed by atoms with Gasteiger partial charge in [0, 0.05) is 12.5 Å². The minimum atomic E-state index is -3.02. The molecule has 1 unspecified atom stereocenters. The molecule has 7 heteroatoms. The normalized spacial score (nSPS) is 19.3. The van der Waals surface area contributed by atoms with Crippen LogP contribution in [0.3, 0.4) is 0 Å². The number of nitrogens with zero attached hydrogens (tertiary/aromatic N) is 3. The van der Waals surface area contributed by atoms with Crippen LogP contribution >= 0.6 is 0 Å². The summed E-state index contributed by atoms with van der Waals surface area (Å²) < 4.78 is 36.7. The molecule has 0 radical (unpaired) electrons. The Kier molecular flexibility index (Phi) is 5.34. The molecule has 0 N–H and O–H groups in total. The number of hydrogen-bond donors (Lipinski definition) is 0. The van der Waals surface area contributed by atoms with E-state index in [0.29, 0.717) is 30.6 Å². The molecule has 0 bridgehead atoms. The first-order valence-corrected chi connectivity index (χ1v) is 8.95. The summed E-state index contributed by atoms with van der Waals surface area (Å²) in [5.41, 5.74) is 1.57. The average molecular weight is 363 g/mol. The van der Waals surface area contributed by atoms with Crippen molar-refractivity contribution in [2.75, 3.05) is 7.11 Å². The van der Waals surface area contributed by atoms with E-state index in [-0.39, 0.29) is 12.1 Å². The zero-order valence-electron chi connectivity index (χ0n) is 15.0. The molecule has 140 valence electrons. The Morgan fingerprint density at radius 2 is 2.04 bits per heavy atom. The quantitative estimate of drug-likeness (QED) is 0.776. The van der Waals surface area contributed by atoms with Crippen LogP contribution in [0.4, 0.5) is 8.78 Å². The third-order valence-electron chi connectivity index (χ3n) is 5.04. The van der Waals surface area contributed by atoms with Gasteiger partial charge in [0.1, 0.15) is 0 Å². The SMILES string of the molecule is CCn1nnc2c1CCCCC(Cc1ccc(C(=O)OC)cc1)C2(F)F. The summed E-state index contributed by atoms with van der Waals surface area (Å²) in [5, 5.41) is 7.74. The lowest BCUT2D eigenvalue weighted by atomic mass is 9.83. The molecule has 1 aliphatic carbocycles. The lowest BCUT2D eigenvalue weighted by molar-refractivity contribution is -0.0751. The monoisotopic (exact) mass is 363 g/mol. The van der Waals surface area contributed by atoms with Gasteiger partial charge in [-0.2, -0.15) is 8.78 Å². The van der Waals surface area contributed by atoms with Gasteiger partial charge >= 0.3 is 5.97 Å². The van der Waals surface area contributed by atoms with Crippen LogP contribution in [0.25, 0.3) is 0 Å². The van der Waals surface area contributed by atoms with Gasteiger partial charge in [0.05, 0.1) is 18.4 Å². The van der Waals surface area contributed by atoms with Crippen LogP contribution in [0.5, 0.6) is 0 Å². The van der Waals surface area contributed by atoms with Gasteiger partial charge in [0.2, 0.25) is 0 Å². The fourth-order valence-electron chi connectivity index (χ4n) is 3.56. The third-order valence-corrected chi connectivity index (χ3v) is 5.04. The summed E-state index contributed by atoms with van der Waals surface area (Å²) in [5.74, 6) is -4.30. The fourth-order valence-corrected chi connectivity index (χ4v) is 3.56. The first-order chi connectivity index (χ1) is 12.5. The summed E-state index contributed by atoms with van der Waals surface area (Å²) in [6.45, 7) is 2.42. The molecule has 0 aliphatic heterocycles. The number of benzene rings is 1. The van der Waals surface area contributed by atoms with Crippen LogP contribution in [0.1, 0.15) is 53.5 Å². The summed E-state index contributed by atoms with van der Waals surface area (Å²) in [6, 6.07) is 6.65. The zero-order chi connectivity index (χ0) is 18.7. The Hall–Kier alpha value is -2.31. The standard InChI is InChI=1S/C19H23F2N3O2/c1-3-24-16-7-5-4-6-15(19(20,21)17(16)22-23-24)12-13-8-10-14(11-9-13)18(25)26-2/h8-11,15H,3-7,12H2,1-2H3. The Labute approximate surface area is 151 Å². The highest BCUT2D eigenvalue weighted by Gasteiger charge is 2.46. The van der Waals surface area contributed by atoms with Crippen molar-refractivity contribution in [3.05, 3.63) is 46.8 Å². The summed E-state index contributed by atoms with van der Waals surface area (Å²) >= 11 is 0. The highest BCUT2D eigenvalue weighted by molar-refractivity contribution is 5.89. The Balaban J connectivity index is 1.86. The zero-order valence-corrected chi connectivity index (χ0v) is 15.0. The van der Waals surface area contributed by atoms with Crippen LogP contribution in [0.15, 0.2) is 24.3 Å². The smallest absolute Gasteiger partial charge is 0.337 e. The summed E-state index contributed by atoms with van der Waals surface area (Å²) in [6.07, 6.45) is 2.85. The lowest BCUT2D eigenvalue weighted by Crippen LogP contribution is -2.31. The molecule has 0 fully saturated rings. The number of hydrogen-bond acceptors (Lipinski definition) is 4. The van der Waals surface area contributed by atoms with Crippen molar-refractivity contribution >= 4 is 5.97 Å². The molecule has 1 aliphatic rings. The largest absolute Gasteiger partial charge is 0.465 e. The van der Waals surface area contributed by atoms with Gasteiger partial charge in [0.15, 0.2) is 5.69 Å². The molecule has 0 amide bonds. The second-order valence-corrected chi connectivity index (χ2v) is 6.66. The Morgan fingerprint density at radius 1 is 1.31 bits per heavy atom. The second-order valence-electron chi connectivity index (χ2n) is 6.66. The summed E-state index contributed by atoms with van der Waals surface area (Å²) in [4.78, 5) is 11.5. The van der Waals surface area contributed by atoms with Crippen LogP contribution < -0.4 is 0 Å². The van der Waals surface area contributed by atoms with Crippen LogP contribution in [0.2, 0.25) is 0 Å². The third kappa shape index (κ3) is 3.48. The van der Waals surface area contributed by atoms with E-state index in [2.05, 4.69) is 15.0 Å². The number of aromatic nitrogens is 3. The molecule has 0 spiro atoms. The first kappa shape index (κ1) is 18.5. The molecule has 1 heterocycles. The van der Waals surface area contributed by atoms with Crippen molar-refractivity contribution in [1.29, 1.82) is 0 Å². The molecule has 1 aromatic carbocycles. The summed E-state index contributed by atoms with van der Waals surface area (Å²) in [7, 11) is 1.31. The minimum Gasteiger partial charge on any atom is -0.465 e. The topological polar surface area (TPSA) is 57.0 Å². The van der Waals surface area contributed by atoms with E-state index in [9.17, 15) is 4.79 Å². The number of halogens is 2. The van der Waals surface area contributed by atoms with Gasteiger partial charge in [-0.3, -0.25) is 0 Å². The fraction of sp³-hybridized carbons (Fsp3) is 0.526. The van der Waals surface area contributed by atoms with Crippen molar-refractivity contribution in [2.45, 2.75) is 51.5 Å². The molecule has 1 aromatic heterocycles. The van der Waals surface area contributed by atoms with Crippen molar-refractivity contribution < 1.29 is 18.3 Å². The van der Waals surface area contributed by atoms with E-state index >= 15 is 8.78 Å². The molecule has 3 rings (SSSR count). The molecular weight excluding hydrogens is 340 g/mol. The van der Waals surface area contributed by atoms with E-state index in [4.69, 9.17) is 0 Å².